The van der Waals surface area contributed by atoms with Crippen LogP contribution in [0.25, 0.3) is 0 Å². The molecule has 2 aromatic rings. The molecule has 3 rings (SSSR count). The summed E-state index contributed by atoms with van der Waals surface area (Å²) in [6.07, 6.45) is 7.17. The molecule has 3 heterocycles. The summed E-state index contributed by atoms with van der Waals surface area (Å²) in [7, 11) is 0. The van der Waals surface area contributed by atoms with E-state index >= 15 is 0 Å². The molecule has 1 fully saturated rings. The van der Waals surface area contributed by atoms with Crippen LogP contribution >= 0.6 is 0 Å². The smallest absolute Gasteiger partial charge is 0.229 e. The van der Waals surface area contributed by atoms with Gasteiger partial charge in [-0.1, -0.05) is 5.16 Å². The molecule has 7 nitrogen and oxygen atoms in total. The zero-order valence-corrected chi connectivity index (χ0v) is 13.5. The molecule has 2 aromatic heterocycles. The summed E-state index contributed by atoms with van der Waals surface area (Å²) >= 11 is 0. The van der Waals surface area contributed by atoms with Crippen molar-refractivity contribution < 1.29 is 9.32 Å². The summed E-state index contributed by atoms with van der Waals surface area (Å²) in [5.41, 5.74) is 2.17. The van der Waals surface area contributed by atoms with Gasteiger partial charge in [-0.05, 0) is 33.1 Å². The standard InChI is InChI=1S/C16H21N5O2/c1-11-14(12(2)23-20-11)8-15(22)19-13-9-17-16(18-10-13)21-6-4-3-5-7-21/h9-10H,3-8H2,1-2H3,(H,19,22). The van der Waals surface area contributed by atoms with Crippen molar-refractivity contribution in [2.24, 2.45) is 0 Å². The molecule has 0 bridgehead atoms. The van der Waals surface area contributed by atoms with Crippen LogP contribution in [-0.2, 0) is 11.2 Å². The maximum Gasteiger partial charge on any atom is 0.229 e. The van der Waals surface area contributed by atoms with Crippen LogP contribution in [0.3, 0.4) is 0 Å². The van der Waals surface area contributed by atoms with Crippen LogP contribution in [-0.4, -0.2) is 34.1 Å². The molecule has 122 valence electrons. The van der Waals surface area contributed by atoms with Crippen molar-refractivity contribution >= 4 is 17.5 Å². The fraction of sp³-hybridized carbons (Fsp3) is 0.500. The van der Waals surface area contributed by atoms with Gasteiger partial charge in [0.15, 0.2) is 0 Å². The van der Waals surface area contributed by atoms with Crippen LogP contribution in [0.15, 0.2) is 16.9 Å². The average molecular weight is 315 g/mol. The highest BCUT2D eigenvalue weighted by atomic mass is 16.5. The third-order valence-corrected chi connectivity index (χ3v) is 4.08. The Hall–Kier alpha value is -2.44. The first-order valence-corrected chi connectivity index (χ1v) is 7.92. The average Bonchev–Trinajstić information content (AvgIpc) is 2.88. The van der Waals surface area contributed by atoms with E-state index in [0.29, 0.717) is 11.4 Å². The minimum Gasteiger partial charge on any atom is -0.361 e. The van der Waals surface area contributed by atoms with Gasteiger partial charge in [-0.15, -0.1) is 0 Å². The van der Waals surface area contributed by atoms with Crippen molar-refractivity contribution in [3.05, 3.63) is 29.4 Å². The third kappa shape index (κ3) is 3.67. The molecule has 1 aliphatic heterocycles. The first-order valence-electron chi connectivity index (χ1n) is 7.92. The van der Waals surface area contributed by atoms with Crippen LogP contribution in [0.4, 0.5) is 11.6 Å². The van der Waals surface area contributed by atoms with Gasteiger partial charge in [0.25, 0.3) is 0 Å². The maximum atomic E-state index is 12.1. The van der Waals surface area contributed by atoms with Gasteiger partial charge in [-0.2, -0.15) is 0 Å². The number of aromatic nitrogens is 3. The maximum absolute atomic E-state index is 12.1. The third-order valence-electron chi connectivity index (χ3n) is 4.08. The van der Waals surface area contributed by atoms with Crippen LogP contribution in [0, 0.1) is 13.8 Å². The highest BCUT2D eigenvalue weighted by Crippen LogP contribution is 2.17. The molecular weight excluding hydrogens is 294 g/mol. The van der Waals surface area contributed by atoms with Gasteiger partial charge in [0.2, 0.25) is 11.9 Å². The number of aryl methyl sites for hydroxylation is 2. The zero-order chi connectivity index (χ0) is 16.2. The predicted molar refractivity (Wildman–Crippen MR) is 86.4 cm³/mol. The molecule has 23 heavy (non-hydrogen) atoms. The fourth-order valence-electron chi connectivity index (χ4n) is 2.76. The summed E-state index contributed by atoms with van der Waals surface area (Å²) < 4.78 is 5.07. The van der Waals surface area contributed by atoms with Crippen LogP contribution in [0.1, 0.15) is 36.3 Å². The Kier molecular flexibility index (Phi) is 4.55. The van der Waals surface area contributed by atoms with Crippen molar-refractivity contribution in [2.75, 3.05) is 23.3 Å². The SMILES string of the molecule is Cc1noc(C)c1CC(=O)Nc1cnc(N2CCCCC2)nc1. The van der Waals surface area contributed by atoms with Gasteiger partial charge < -0.3 is 14.7 Å². The first kappa shape index (κ1) is 15.5. The number of nitrogens with one attached hydrogen (secondary N) is 1. The van der Waals surface area contributed by atoms with E-state index in [4.69, 9.17) is 4.52 Å². The normalized spacial score (nSPS) is 14.8. The Bertz CT molecular complexity index is 655. The molecule has 0 atom stereocenters. The highest BCUT2D eigenvalue weighted by Gasteiger charge is 2.15. The Morgan fingerprint density at radius 2 is 1.91 bits per heavy atom. The molecule has 0 aliphatic carbocycles. The first-order chi connectivity index (χ1) is 11.1. The zero-order valence-electron chi connectivity index (χ0n) is 13.5. The van der Waals surface area contributed by atoms with Gasteiger partial charge in [0.1, 0.15) is 5.76 Å². The number of nitrogens with zero attached hydrogens (tertiary/aromatic N) is 4. The van der Waals surface area contributed by atoms with Crippen molar-refractivity contribution in [3.63, 3.8) is 0 Å². The Morgan fingerprint density at radius 1 is 1.22 bits per heavy atom. The quantitative estimate of drug-likeness (QED) is 0.931. The van der Waals surface area contributed by atoms with E-state index in [0.717, 1.165) is 30.3 Å². The van der Waals surface area contributed by atoms with E-state index in [1.165, 1.54) is 19.3 Å². The van der Waals surface area contributed by atoms with E-state index in [1.807, 2.05) is 6.92 Å². The lowest BCUT2D eigenvalue weighted by Gasteiger charge is -2.26. The second-order valence-electron chi connectivity index (χ2n) is 5.85. The largest absolute Gasteiger partial charge is 0.361 e. The Labute approximate surface area is 135 Å². The van der Waals surface area contributed by atoms with Crippen molar-refractivity contribution in [3.8, 4) is 0 Å². The van der Waals surface area contributed by atoms with Crippen LogP contribution < -0.4 is 10.2 Å². The number of hydrogen-bond donors (Lipinski definition) is 1. The lowest BCUT2D eigenvalue weighted by Crippen LogP contribution is -2.30. The van der Waals surface area contributed by atoms with Crippen LogP contribution in [0.2, 0.25) is 0 Å². The van der Waals surface area contributed by atoms with E-state index in [2.05, 4.69) is 25.3 Å². The number of hydrogen-bond acceptors (Lipinski definition) is 6. The van der Waals surface area contributed by atoms with Gasteiger partial charge in [0, 0.05) is 18.7 Å². The molecular formula is C16H21N5O2. The summed E-state index contributed by atoms with van der Waals surface area (Å²) in [5.74, 6) is 1.27. The molecule has 1 saturated heterocycles. The van der Waals surface area contributed by atoms with Crippen molar-refractivity contribution in [2.45, 2.75) is 39.5 Å². The number of amides is 1. The Morgan fingerprint density at radius 3 is 2.52 bits per heavy atom. The Balaban J connectivity index is 1.60. The number of carbonyl (C=O) groups excluding carboxylic acids is 1. The fourth-order valence-corrected chi connectivity index (χ4v) is 2.76. The molecule has 0 radical (unpaired) electrons. The molecule has 0 spiro atoms. The minimum absolute atomic E-state index is 0.131. The van der Waals surface area contributed by atoms with E-state index in [9.17, 15) is 4.79 Å². The summed E-state index contributed by atoms with van der Waals surface area (Å²) in [6.45, 7) is 5.63. The number of rotatable bonds is 4. The predicted octanol–water partition coefficient (Wildman–Crippen LogP) is 2.25. The van der Waals surface area contributed by atoms with E-state index in [-0.39, 0.29) is 12.3 Å². The lowest BCUT2D eigenvalue weighted by molar-refractivity contribution is -0.115. The van der Waals surface area contributed by atoms with Crippen LogP contribution in [0.5, 0.6) is 0 Å². The van der Waals surface area contributed by atoms with Gasteiger partial charge in [-0.25, -0.2) is 9.97 Å². The van der Waals surface area contributed by atoms with Gasteiger partial charge in [-0.3, -0.25) is 4.79 Å². The summed E-state index contributed by atoms with van der Waals surface area (Å²) in [5, 5.41) is 6.67. The van der Waals surface area contributed by atoms with Gasteiger partial charge >= 0.3 is 0 Å². The van der Waals surface area contributed by atoms with E-state index in [1.54, 1.807) is 19.3 Å². The monoisotopic (exact) mass is 315 g/mol. The molecule has 1 aliphatic rings. The van der Waals surface area contributed by atoms with E-state index < -0.39 is 0 Å². The molecule has 1 amide bonds. The molecule has 0 saturated carbocycles. The molecule has 0 aromatic carbocycles. The summed E-state index contributed by atoms with van der Waals surface area (Å²) in [4.78, 5) is 23.0. The lowest BCUT2D eigenvalue weighted by atomic mass is 10.1. The second kappa shape index (κ2) is 6.76. The summed E-state index contributed by atoms with van der Waals surface area (Å²) in [6, 6.07) is 0. The molecule has 0 unspecified atom stereocenters. The number of anilines is 2. The number of piperidine rings is 1. The highest BCUT2D eigenvalue weighted by molar-refractivity contribution is 5.92. The molecule has 1 N–H and O–H groups in total. The van der Waals surface area contributed by atoms with Crippen molar-refractivity contribution in [1.82, 2.24) is 15.1 Å². The topological polar surface area (TPSA) is 84.2 Å². The van der Waals surface area contributed by atoms with Gasteiger partial charge in [0.05, 0.1) is 30.2 Å². The molecule has 7 heteroatoms. The number of carbonyl (C=O) groups is 1. The second-order valence-corrected chi connectivity index (χ2v) is 5.85. The van der Waals surface area contributed by atoms with Crippen molar-refractivity contribution in [1.29, 1.82) is 0 Å². The minimum atomic E-state index is -0.131.